The molecule has 0 saturated carbocycles. The van der Waals surface area contributed by atoms with Crippen molar-refractivity contribution in [1.82, 2.24) is 10.3 Å². The molecule has 1 N–H and O–H groups in total. The van der Waals surface area contributed by atoms with Crippen LogP contribution < -0.4 is 5.32 Å². The summed E-state index contributed by atoms with van der Waals surface area (Å²) in [5, 5.41) is 3.43. The Labute approximate surface area is 106 Å². The minimum absolute atomic E-state index is 0.659. The summed E-state index contributed by atoms with van der Waals surface area (Å²) < 4.78 is 0. The Balaban J connectivity index is 2.18. The molecule has 0 aliphatic carbocycles. The molecule has 0 amide bonds. The van der Waals surface area contributed by atoms with Crippen molar-refractivity contribution in [2.45, 2.75) is 57.9 Å². The second kappa shape index (κ2) is 9.17. The predicted octanol–water partition coefficient (Wildman–Crippen LogP) is 3.57. The van der Waals surface area contributed by atoms with Gasteiger partial charge in [-0.2, -0.15) is 0 Å². The Morgan fingerprint density at radius 2 is 2.12 bits per heavy atom. The molecule has 1 unspecified atom stereocenters. The van der Waals surface area contributed by atoms with Crippen LogP contribution in [0.4, 0.5) is 0 Å². The molecule has 0 bridgehead atoms. The van der Waals surface area contributed by atoms with Crippen molar-refractivity contribution in [2.24, 2.45) is 0 Å². The maximum Gasteiger partial charge on any atom is 0.0299 e. The average Bonchev–Trinajstić information content (AvgIpc) is 2.39. The minimum atomic E-state index is 0.659. The lowest BCUT2D eigenvalue weighted by atomic mass is 10.0. The third-order valence-electron chi connectivity index (χ3n) is 3.32. The number of hydrogen-bond donors (Lipinski definition) is 1. The van der Waals surface area contributed by atoms with Gasteiger partial charge in [0, 0.05) is 18.4 Å². The topological polar surface area (TPSA) is 24.9 Å². The summed E-state index contributed by atoms with van der Waals surface area (Å²) in [7, 11) is 2.08. The van der Waals surface area contributed by atoms with Crippen LogP contribution in [0.1, 0.15) is 51.0 Å². The second-order valence-electron chi connectivity index (χ2n) is 4.73. The van der Waals surface area contributed by atoms with Crippen molar-refractivity contribution in [3.63, 3.8) is 0 Å². The van der Waals surface area contributed by atoms with Crippen molar-refractivity contribution < 1.29 is 0 Å². The zero-order valence-electron chi connectivity index (χ0n) is 11.3. The maximum atomic E-state index is 4.15. The molecule has 0 spiro atoms. The molecule has 0 aliphatic heterocycles. The Bertz CT molecular complexity index is 272. The molecule has 1 atom stereocenters. The third-order valence-corrected chi connectivity index (χ3v) is 3.32. The van der Waals surface area contributed by atoms with E-state index in [4.69, 9.17) is 0 Å². The molecule has 1 heterocycles. The first-order valence-corrected chi connectivity index (χ1v) is 6.93. The molecule has 2 nitrogen and oxygen atoms in total. The van der Waals surface area contributed by atoms with Crippen LogP contribution in [0.25, 0.3) is 0 Å². The summed E-state index contributed by atoms with van der Waals surface area (Å²) in [5.41, 5.74) is 1.35. The molecule has 0 aliphatic rings. The van der Waals surface area contributed by atoms with E-state index in [0.717, 1.165) is 6.42 Å². The standard InChI is InChI=1S/C15H26N2/c1-3-4-5-6-9-15(16-2)11-10-14-8-7-12-17-13-14/h7-8,12-13,15-16H,3-6,9-11H2,1-2H3. The van der Waals surface area contributed by atoms with Gasteiger partial charge in [-0.1, -0.05) is 38.7 Å². The average molecular weight is 234 g/mol. The lowest BCUT2D eigenvalue weighted by Crippen LogP contribution is -2.25. The van der Waals surface area contributed by atoms with E-state index in [1.165, 1.54) is 44.1 Å². The van der Waals surface area contributed by atoms with Crippen LogP contribution in [0.15, 0.2) is 24.5 Å². The lowest BCUT2D eigenvalue weighted by molar-refractivity contribution is 0.461. The fourth-order valence-corrected chi connectivity index (χ4v) is 2.14. The van der Waals surface area contributed by atoms with Gasteiger partial charge in [0.25, 0.3) is 0 Å². The van der Waals surface area contributed by atoms with Gasteiger partial charge in [-0.15, -0.1) is 0 Å². The first-order chi connectivity index (χ1) is 8.36. The van der Waals surface area contributed by atoms with E-state index >= 15 is 0 Å². The lowest BCUT2D eigenvalue weighted by Gasteiger charge is -2.15. The van der Waals surface area contributed by atoms with Gasteiger partial charge in [0.1, 0.15) is 0 Å². The van der Waals surface area contributed by atoms with Crippen LogP contribution in [0.5, 0.6) is 0 Å². The fraction of sp³-hybridized carbons (Fsp3) is 0.667. The van der Waals surface area contributed by atoms with Gasteiger partial charge in [-0.05, 0) is 37.9 Å². The summed E-state index contributed by atoms with van der Waals surface area (Å²) in [6.07, 6.45) is 12.9. The molecule has 1 rings (SSSR count). The number of unbranched alkanes of at least 4 members (excludes halogenated alkanes) is 3. The molecular formula is C15H26N2. The minimum Gasteiger partial charge on any atom is -0.317 e. The van der Waals surface area contributed by atoms with Crippen molar-refractivity contribution in [3.8, 4) is 0 Å². The number of rotatable bonds is 9. The Hall–Kier alpha value is -0.890. The highest BCUT2D eigenvalue weighted by Crippen LogP contribution is 2.10. The van der Waals surface area contributed by atoms with Gasteiger partial charge in [0.2, 0.25) is 0 Å². The van der Waals surface area contributed by atoms with Crippen molar-refractivity contribution >= 4 is 0 Å². The monoisotopic (exact) mass is 234 g/mol. The first-order valence-electron chi connectivity index (χ1n) is 6.93. The molecule has 96 valence electrons. The number of hydrogen-bond acceptors (Lipinski definition) is 2. The largest absolute Gasteiger partial charge is 0.317 e. The van der Waals surface area contributed by atoms with Crippen LogP contribution in [0, 0.1) is 0 Å². The Morgan fingerprint density at radius 3 is 2.76 bits per heavy atom. The number of pyridine rings is 1. The quantitative estimate of drug-likeness (QED) is 0.661. The van der Waals surface area contributed by atoms with Crippen molar-refractivity contribution in [2.75, 3.05) is 7.05 Å². The molecule has 1 aromatic rings. The van der Waals surface area contributed by atoms with Crippen LogP contribution in [-0.4, -0.2) is 18.1 Å². The second-order valence-corrected chi connectivity index (χ2v) is 4.73. The molecule has 0 aromatic carbocycles. The van der Waals surface area contributed by atoms with Crippen LogP contribution in [0.3, 0.4) is 0 Å². The molecule has 1 aromatic heterocycles. The summed E-state index contributed by atoms with van der Waals surface area (Å²) in [6, 6.07) is 4.84. The summed E-state index contributed by atoms with van der Waals surface area (Å²) in [6.45, 7) is 2.26. The van der Waals surface area contributed by atoms with E-state index in [0.29, 0.717) is 6.04 Å². The van der Waals surface area contributed by atoms with E-state index in [1.807, 2.05) is 18.5 Å². The fourth-order valence-electron chi connectivity index (χ4n) is 2.14. The number of aryl methyl sites for hydroxylation is 1. The summed E-state index contributed by atoms with van der Waals surface area (Å²) in [4.78, 5) is 4.15. The van der Waals surface area contributed by atoms with Gasteiger partial charge in [0.05, 0.1) is 0 Å². The highest BCUT2D eigenvalue weighted by molar-refractivity contribution is 5.08. The predicted molar refractivity (Wildman–Crippen MR) is 74.2 cm³/mol. The number of nitrogens with zero attached hydrogens (tertiary/aromatic N) is 1. The van der Waals surface area contributed by atoms with E-state index in [2.05, 4.69) is 30.3 Å². The molecule has 17 heavy (non-hydrogen) atoms. The van der Waals surface area contributed by atoms with Crippen molar-refractivity contribution in [3.05, 3.63) is 30.1 Å². The summed E-state index contributed by atoms with van der Waals surface area (Å²) >= 11 is 0. The molecule has 0 saturated heterocycles. The number of aromatic nitrogens is 1. The summed E-state index contributed by atoms with van der Waals surface area (Å²) in [5.74, 6) is 0. The zero-order valence-corrected chi connectivity index (χ0v) is 11.3. The SMILES string of the molecule is CCCCCCC(CCc1cccnc1)NC. The molecule has 2 heteroatoms. The molecule has 0 radical (unpaired) electrons. The van der Waals surface area contributed by atoms with E-state index in [9.17, 15) is 0 Å². The van der Waals surface area contributed by atoms with Crippen LogP contribution in [-0.2, 0) is 6.42 Å². The van der Waals surface area contributed by atoms with Gasteiger partial charge in [-0.3, -0.25) is 4.98 Å². The normalized spacial score (nSPS) is 12.6. The first kappa shape index (κ1) is 14.2. The van der Waals surface area contributed by atoms with E-state index in [-0.39, 0.29) is 0 Å². The van der Waals surface area contributed by atoms with Gasteiger partial charge in [0.15, 0.2) is 0 Å². The molecule has 0 fully saturated rings. The van der Waals surface area contributed by atoms with Crippen molar-refractivity contribution in [1.29, 1.82) is 0 Å². The van der Waals surface area contributed by atoms with Crippen LogP contribution >= 0.6 is 0 Å². The Kier molecular flexibility index (Phi) is 7.65. The zero-order chi connectivity index (χ0) is 12.3. The van der Waals surface area contributed by atoms with Crippen LogP contribution in [0.2, 0.25) is 0 Å². The van der Waals surface area contributed by atoms with Gasteiger partial charge < -0.3 is 5.32 Å². The third kappa shape index (κ3) is 6.42. The smallest absolute Gasteiger partial charge is 0.0299 e. The Morgan fingerprint density at radius 1 is 1.24 bits per heavy atom. The van der Waals surface area contributed by atoms with E-state index in [1.54, 1.807) is 0 Å². The highest BCUT2D eigenvalue weighted by Gasteiger charge is 2.05. The highest BCUT2D eigenvalue weighted by atomic mass is 14.9. The van der Waals surface area contributed by atoms with Gasteiger partial charge in [-0.25, -0.2) is 0 Å². The maximum absolute atomic E-state index is 4.15. The molecular weight excluding hydrogens is 208 g/mol. The van der Waals surface area contributed by atoms with Gasteiger partial charge >= 0.3 is 0 Å². The van der Waals surface area contributed by atoms with E-state index < -0.39 is 0 Å². The number of nitrogens with one attached hydrogen (secondary N) is 1.